The Balaban J connectivity index is 2.29. The van der Waals surface area contributed by atoms with Gasteiger partial charge in [0, 0.05) is 0 Å². The number of rotatable bonds is 7. The molecule has 134 valence electrons. The van der Waals surface area contributed by atoms with Crippen molar-refractivity contribution in [2.24, 2.45) is 0 Å². The van der Waals surface area contributed by atoms with Crippen molar-refractivity contribution in [2.75, 3.05) is 0 Å². The first-order valence-corrected chi connectivity index (χ1v) is 17.2. The second kappa shape index (κ2) is 7.82. The molecule has 3 rings (SSSR count). The molecule has 0 aliphatic heterocycles. The molecule has 26 heavy (non-hydrogen) atoms. The molecule has 0 bridgehead atoms. The van der Waals surface area contributed by atoms with Gasteiger partial charge in [0.15, 0.2) is 0 Å². The van der Waals surface area contributed by atoms with Crippen LogP contribution >= 0.6 is 13.9 Å². The van der Waals surface area contributed by atoms with Gasteiger partial charge < -0.3 is 0 Å². The SMILES string of the molecule is O=C(O)CCC[As](Br)(c1ccccc1)(c1ccccc1)c1ccccc1. The van der Waals surface area contributed by atoms with E-state index in [1.165, 1.54) is 13.1 Å². The molecule has 3 aromatic carbocycles. The van der Waals surface area contributed by atoms with E-state index in [4.69, 9.17) is 0 Å². The molecule has 0 heterocycles. The predicted octanol–water partition coefficient (Wildman–Crippen LogP) is 3.87. The van der Waals surface area contributed by atoms with Crippen LogP contribution in [-0.4, -0.2) is 21.7 Å². The molecule has 0 fully saturated rings. The van der Waals surface area contributed by atoms with Crippen LogP contribution in [0.1, 0.15) is 12.8 Å². The fourth-order valence-corrected chi connectivity index (χ4v) is 18.6. The van der Waals surface area contributed by atoms with E-state index in [0.29, 0.717) is 6.42 Å². The predicted molar refractivity (Wildman–Crippen MR) is 115 cm³/mol. The van der Waals surface area contributed by atoms with Gasteiger partial charge in [-0.05, 0) is 0 Å². The van der Waals surface area contributed by atoms with Gasteiger partial charge in [-0.25, -0.2) is 0 Å². The van der Waals surface area contributed by atoms with Crippen LogP contribution < -0.4 is 13.1 Å². The number of aliphatic carboxylic acids is 1. The first kappa shape index (κ1) is 18.9. The van der Waals surface area contributed by atoms with Gasteiger partial charge in [-0.2, -0.15) is 0 Å². The van der Waals surface area contributed by atoms with E-state index < -0.39 is 16.6 Å². The Bertz CT molecular complexity index is 767. The summed E-state index contributed by atoms with van der Waals surface area (Å²) in [5.74, 6) is -0.745. The minimum atomic E-state index is -3.67. The Hall–Kier alpha value is -1.83. The summed E-state index contributed by atoms with van der Waals surface area (Å²) in [6.07, 6.45) is 0.805. The summed E-state index contributed by atoms with van der Waals surface area (Å²) in [5.41, 5.74) is 0. The molecule has 0 amide bonds. The zero-order valence-electron chi connectivity index (χ0n) is 14.5. The zero-order valence-corrected chi connectivity index (χ0v) is 17.9. The summed E-state index contributed by atoms with van der Waals surface area (Å²) in [4.78, 5) is 11.2. The molecule has 0 unspecified atom stereocenters. The number of benzene rings is 3. The first-order chi connectivity index (χ1) is 12.6. The van der Waals surface area contributed by atoms with Gasteiger partial charge in [0.25, 0.3) is 0 Å². The van der Waals surface area contributed by atoms with Crippen LogP contribution in [-0.2, 0) is 4.79 Å². The molecular formula is C22H22AsBrO2. The Morgan fingerprint density at radius 1 is 0.731 bits per heavy atom. The Morgan fingerprint density at radius 2 is 1.08 bits per heavy atom. The van der Waals surface area contributed by atoms with Crippen molar-refractivity contribution in [2.45, 2.75) is 18.1 Å². The van der Waals surface area contributed by atoms with Crippen LogP contribution in [0.3, 0.4) is 0 Å². The molecule has 0 saturated carbocycles. The molecule has 2 nitrogen and oxygen atoms in total. The average molecular weight is 473 g/mol. The summed E-state index contributed by atoms with van der Waals surface area (Å²) in [6, 6.07) is 31.6. The summed E-state index contributed by atoms with van der Waals surface area (Å²) < 4.78 is 3.82. The average Bonchev–Trinajstić information content (AvgIpc) is 2.70. The standard InChI is InChI=1S/C22H22AsBrO2/c24-23(18-10-17-22(25)26,19-11-4-1-5-12-19,20-13-6-2-7-14-20)21-15-8-3-9-16-21/h1-9,11-16H,10,17-18H2,(H,25,26). The van der Waals surface area contributed by atoms with E-state index in [2.05, 4.69) is 86.7 Å². The number of hydrogen-bond acceptors (Lipinski definition) is 1. The number of carboxylic acid groups (broad SMARTS) is 1. The van der Waals surface area contributed by atoms with Crippen molar-refractivity contribution in [3.8, 4) is 0 Å². The van der Waals surface area contributed by atoms with E-state index in [-0.39, 0.29) is 6.42 Å². The fraction of sp³-hybridized carbons (Fsp3) is 0.136. The zero-order chi connectivity index (χ0) is 18.5. The van der Waals surface area contributed by atoms with Gasteiger partial charge in [-0.15, -0.1) is 0 Å². The third-order valence-electron chi connectivity index (χ3n) is 4.85. The molecule has 0 aromatic heterocycles. The molecule has 0 spiro atoms. The third-order valence-corrected chi connectivity index (χ3v) is 24.2. The maximum absolute atomic E-state index is 11.2. The third kappa shape index (κ3) is 3.39. The topological polar surface area (TPSA) is 37.3 Å². The molecule has 0 aliphatic rings. The molecule has 4 heteroatoms. The number of carboxylic acids is 1. The van der Waals surface area contributed by atoms with Crippen molar-refractivity contribution in [3.05, 3.63) is 91.0 Å². The van der Waals surface area contributed by atoms with Gasteiger partial charge in [0.05, 0.1) is 0 Å². The summed E-state index contributed by atoms with van der Waals surface area (Å²) in [7, 11) is -3.67. The molecule has 1 N–H and O–H groups in total. The number of halogens is 1. The van der Waals surface area contributed by atoms with Crippen molar-refractivity contribution in [1.82, 2.24) is 0 Å². The minimum absolute atomic E-state index is 0.175. The van der Waals surface area contributed by atoms with Gasteiger partial charge in [-0.1, -0.05) is 0 Å². The monoisotopic (exact) mass is 472 g/mol. The van der Waals surface area contributed by atoms with Crippen molar-refractivity contribution < 1.29 is 9.90 Å². The van der Waals surface area contributed by atoms with Crippen LogP contribution in [0.2, 0.25) is 5.21 Å². The van der Waals surface area contributed by atoms with E-state index in [1.54, 1.807) is 0 Å². The van der Waals surface area contributed by atoms with E-state index in [9.17, 15) is 9.90 Å². The maximum atomic E-state index is 11.2. The fourth-order valence-electron chi connectivity index (χ4n) is 3.58. The Kier molecular flexibility index (Phi) is 5.69. The normalized spacial score (nSPS) is 12.9. The van der Waals surface area contributed by atoms with Crippen molar-refractivity contribution in [1.29, 1.82) is 0 Å². The second-order valence-corrected chi connectivity index (χ2v) is 23.7. The van der Waals surface area contributed by atoms with E-state index in [1.807, 2.05) is 18.2 Å². The molecular weight excluding hydrogens is 451 g/mol. The quantitative estimate of drug-likeness (QED) is 0.530. The number of hydrogen-bond donors (Lipinski definition) is 1. The molecule has 0 radical (unpaired) electrons. The summed E-state index contributed by atoms with van der Waals surface area (Å²) >= 11 is 4.35. The Morgan fingerprint density at radius 3 is 1.38 bits per heavy atom. The van der Waals surface area contributed by atoms with Crippen LogP contribution in [0.25, 0.3) is 0 Å². The van der Waals surface area contributed by atoms with Crippen LogP contribution in [0.4, 0.5) is 0 Å². The van der Waals surface area contributed by atoms with Crippen LogP contribution in [0.15, 0.2) is 91.0 Å². The van der Waals surface area contributed by atoms with Crippen LogP contribution in [0.5, 0.6) is 0 Å². The molecule has 0 saturated heterocycles. The first-order valence-electron chi connectivity index (χ1n) is 8.67. The Labute approximate surface area is 162 Å². The molecule has 0 atom stereocenters. The van der Waals surface area contributed by atoms with Crippen molar-refractivity contribution >= 4 is 43.5 Å². The van der Waals surface area contributed by atoms with Gasteiger partial charge in [-0.3, -0.25) is 0 Å². The van der Waals surface area contributed by atoms with E-state index >= 15 is 0 Å². The van der Waals surface area contributed by atoms with Gasteiger partial charge in [0.1, 0.15) is 0 Å². The molecule has 0 aliphatic carbocycles. The van der Waals surface area contributed by atoms with Gasteiger partial charge in [0.2, 0.25) is 0 Å². The number of carbonyl (C=O) groups is 1. The van der Waals surface area contributed by atoms with E-state index in [0.717, 1.165) is 5.21 Å². The summed E-state index contributed by atoms with van der Waals surface area (Å²) in [5, 5.41) is 10.0. The second-order valence-electron chi connectivity index (χ2n) is 6.41. The van der Waals surface area contributed by atoms with Gasteiger partial charge >= 0.3 is 162 Å². The summed E-state index contributed by atoms with van der Waals surface area (Å²) in [6.45, 7) is 0. The van der Waals surface area contributed by atoms with Crippen molar-refractivity contribution in [3.63, 3.8) is 0 Å². The van der Waals surface area contributed by atoms with Crippen LogP contribution in [0, 0.1) is 0 Å². The molecule has 3 aromatic rings.